The zero-order valence-electron chi connectivity index (χ0n) is 7.76. The molecule has 0 atom stereocenters. The maximum absolute atomic E-state index is 5.40. The van der Waals surface area contributed by atoms with Crippen molar-refractivity contribution in [2.75, 3.05) is 39.6 Å². The second kappa shape index (κ2) is 8.72. The van der Waals surface area contributed by atoms with E-state index in [9.17, 15) is 0 Å². The summed E-state index contributed by atoms with van der Waals surface area (Å²) in [5.41, 5.74) is 0. The summed E-state index contributed by atoms with van der Waals surface area (Å²) < 4.78 is 0. The van der Waals surface area contributed by atoms with Gasteiger partial charge in [0.05, 0.1) is 19.1 Å². The summed E-state index contributed by atoms with van der Waals surface area (Å²) in [6, 6.07) is 2.61. The molecule has 70 valence electrons. The Balaban J connectivity index is 3.23. The third-order valence-corrected chi connectivity index (χ3v) is 1.38. The van der Waals surface area contributed by atoms with Crippen molar-refractivity contribution in [3.05, 3.63) is 0 Å². The molecule has 0 heterocycles. The number of rotatable bonds is 6. The van der Waals surface area contributed by atoms with Gasteiger partial charge in [-0.25, -0.2) is 9.98 Å². The van der Waals surface area contributed by atoms with Gasteiger partial charge in [-0.1, -0.05) is 0 Å². The monoisotopic (exact) mass is 189 g/mol. The molecule has 0 N–H and O–H groups in total. The van der Waals surface area contributed by atoms with Crippen LogP contribution in [0, 0.1) is 0 Å². The summed E-state index contributed by atoms with van der Waals surface area (Å²) in [5.74, 6) is 0.542. The quantitative estimate of drug-likeness (QED) is 0.352. The smallest absolute Gasteiger partial charge is 0.0892 e. The fourth-order valence-corrected chi connectivity index (χ4v) is 0.743. The first-order chi connectivity index (χ1) is 5.77. The van der Waals surface area contributed by atoms with E-state index in [-0.39, 0.29) is 0 Å². The molecule has 0 rings (SSSR count). The first-order valence-electron chi connectivity index (χ1n) is 4.06. The van der Waals surface area contributed by atoms with E-state index in [0.717, 1.165) is 19.5 Å². The summed E-state index contributed by atoms with van der Waals surface area (Å²) in [7, 11) is 4.09. The molecule has 0 saturated carbocycles. The van der Waals surface area contributed by atoms with Gasteiger partial charge < -0.3 is 4.90 Å². The van der Waals surface area contributed by atoms with Crippen molar-refractivity contribution in [2.45, 2.75) is 6.42 Å². The van der Waals surface area contributed by atoms with Gasteiger partial charge in [-0.15, -0.1) is 11.6 Å². The van der Waals surface area contributed by atoms with Crippen LogP contribution >= 0.6 is 11.6 Å². The van der Waals surface area contributed by atoms with Gasteiger partial charge in [0, 0.05) is 5.88 Å². The van der Waals surface area contributed by atoms with Crippen LogP contribution in [0.5, 0.6) is 0 Å². The first kappa shape index (κ1) is 11.6. The summed E-state index contributed by atoms with van der Waals surface area (Å²) in [6.07, 6.45) is 1.05. The van der Waals surface area contributed by atoms with Gasteiger partial charge in [0.2, 0.25) is 0 Å². The maximum atomic E-state index is 5.40. The number of hydrogen-bond donors (Lipinski definition) is 0. The highest BCUT2D eigenvalue weighted by Crippen LogP contribution is 1.82. The molecule has 0 bridgehead atoms. The third kappa shape index (κ3) is 9.63. The second-order valence-corrected chi connectivity index (χ2v) is 3.09. The van der Waals surface area contributed by atoms with Crippen LogP contribution in [-0.4, -0.2) is 50.5 Å². The van der Waals surface area contributed by atoms with Crippen LogP contribution in [0.3, 0.4) is 0 Å². The zero-order valence-corrected chi connectivity index (χ0v) is 8.51. The van der Waals surface area contributed by atoms with Gasteiger partial charge in [-0.3, -0.25) is 0 Å². The lowest BCUT2D eigenvalue weighted by Crippen LogP contribution is -2.13. The Morgan fingerprint density at radius 1 is 1.25 bits per heavy atom. The van der Waals surface area contributed by atoms with Crippen molar-refractivity contribution in [3.63, 3.8) is 0 Å². The number of hydrogen-bond acceptors (Lipinski definition) is 3. The van der Waals surface area contributed by atoms with Crippen molar-refractivity contribution in [3.8, 4) is 0 Å². The lowest BCUT2D eigenvalue weighted by atomic mass is 10.4. The van der Waals surface area contributed by atoms with E-state index in [0.29, 0.717) is 12.4 Å². The molecule has 3 nitrogen and oxygen atoms in total. The molecular weight excluding hydrogens is 174 g/mol. The van der Waals surface area contributed by atoms with Gasteiger partial charge in [0.15, 0.2) is 0 Å². The van der Waals surface area contributed by atoms with Crippen molar-refractivity contribution < 1.29 is 0 Å². The standard InChI is InChI=1S/C8H16ClN3/c1-12(2)7-3-5-10-8-11-6-4-9/h3-7H2,1-2H3. The summed E-state index contributed by atoms with van der Waals surface area (Å²) >= 11 is 5.40. The summed E-state index contributed by atoms with van der Waals surface area (Å²) in [5, 5.41) is 0. The number of alkyl halides is 1. The minimum atomic E-state index is 0.542. The topological polar surface area (TPSA) is 28.0 Å². The molecule has 0 amide bonds. The minimum Gasteiger partial charge on any atom is -0.309 e. The highest BCUT2D eigenvalue weighted by Gasteiger charge is 1.86. The van der Waals surface area contributed by atoms with Crippen LogP contribution in [0.1, 0.15) is 6.42 Å². The Hall–Kier alpha value is -0.370. The summed E-state index contributed by atoms with van der Waals surface area (Å²) in [4.78, 5) is 9.95. The van der Waals surface area contributed by atoms with Gasteiger partial charge in [0.25, 0.3) is 0 Å². The third-order valence-electron chi connectivity index (χ3n) is 1.21. The Labute approximate surface area is 79.1 Å². The Kier molecular flexibility index (Phi) is 8.46. The zero-order chi connectivity index (χ0) is 9.23. The van der Waals surface area contributed by atoms with Crippen LogP contribution in [0.2, 0.25) is 0 Å². The van der Waals surface area contributed by atoms with Gasteiger partial charge in [-0.05, 0) is 27.1 Å². The van der Waals surface area contributed by atoms with Crippen molar-refractivity contribution in [2.24, 2.45) is 9.98 Å². The molecule has 0 aliphatic rings. The lowest BCUT2D eigenvalue weighted by Gasteiger charge is -2.05. The van der Waals surface area contributed by atoms with Crippen LogP contribution in [0.4, 0.5) is 0 Å². The van der Waals surface area contributed by atoms with E-state index >= 15 is 0 Å². The lowest BCUT2D eigenvalue weighted by molar-refractivity contribution is 0.403. The number of aliphatic imine (C=N–C) groups is 2. The van der Waals surface area contributed by atoms with Crippen molar-refractivity contribution >= 4 is 17.6 Å². The molecule has 0 aliphatic carbocycles. The van der Waals surface area contributed by atoms with Crippen molar-refractivity contribution in [1.29, 1.82) is 0 Å². The average molecular weight is 190 g/mol. The summed E-state index contributed by atoms with van der Waals surface area (Å²) in [6.45, 7) is 2.46. The van der Waals surface area contributed by atoms with E-state index < -0.39 is 0 Å². The second-order valence-electron chi connectivity index (χ2n) is 2.71. The van der Waals surface area contributed by atoms with E-state index in [2.05, 4.69) is 20.9 Å². The number of halogens is 1. The Bertz CT molecular complexity index is 150. The van der Waals surface area contributed by atoms with Crippen molar-refractivity contribution in [1.82, 2.24) is 4.90 Å². The maximum Gasteiger partial charge on any atom is 0.0892 e. The largest absolute Gasteiger partial charge is 0.309 e. The van der Waals surface area contributed by atoms with E-state index in [1.54, 1.807) is 0 Å². The van der Waals surface area contributed by atoms with Crippen LogP contribution in [0.25, 0.3) is 0 Å². The molecule has 0 unspecified atom stereocenters. The molecular formula is C8H16ClN3. The van der Waals surface area contributed by atoms with E-state index in [1.807, 2.05) is 14.1 Å². The van der Waals surface area contributed by atoms with E-state index in [1.165, 1.54) is 0 Å². The molecule has 0 saturated heterocycles. The SMILES string of the molecule is CN(C)CCCN=C=NCCCl. The van der Waals surface area contributed by atoms with Crippen LogP contribution < -0.4 is 0 Å². The van der Waals surface area contributed by atoms with E-state index in [4.69, 9.17) is 11.6 Å². The predicted octanol–water partition coefficient (Wildman–Crippen LogP) is 1.35. The minimum absolute atomic E-state index is 0.542. The molecule has 4 heteroatoms. The molecule has 0 aromatic rings. The molecule has 0 aliphatic heterocycles. The fourth-order valence-electron chi connectivity index (χ4n) is 0.658. The molecule has 0 fully saturated rings. The van der Waals surface area contributed by atoms with Gasteiger partial charge in [-0.2, -0.15) is 0 Å². The molecule has 0 radical (unpaired) electrons. The molecule has 0 aromatic heterocycles. The average Bonchev–Trinajstić information content (AvgIpc) is 2.02. The molecule has 0 aromatic carbocycles. The first-order valence-corrected chi connectivity index (χ1v) is 4.59. The fraction of sp³-hybridized carbons (Fsp3) is 0.875. The predicted molar refractivity (Wildman–Crippen MR) is 53.5 cm³/mol. The Morgan fingerprint density at radius 3 is 2.50 bits per heavy atom. The van der Waals surface area contributed by atoms with Crippen LogP contribution in [0.15, 0.2) is 9.98 Å². The normalized spacial score (nSPS) is 9.67. The molecule has 12 heavy (non-hydrogen) atoms. The number of nitrogens with zero attached hydrogens (tertiary/aromatic N) is 3. The molecule has 0 spiro atoms. The highest BCUT2D eigenvalue weighted by atomic mass is 35.5. The van der Waals surface area contributed by atoms with Gasteiger partial charge in [0.1, 0.15) is 0 Å². The van der Waals surface area contributed by atoms with Gasteiger partial charge >= 0.3 is 0 Å². The van der Waals surface area contributed by atoms with Crippen LogP contribution in [-0.2, 0) is 0 Å². The Morgan fingerprint density at radius 2 is 1.92 bits per heavy atom. The highest BCUT2D eigenvalue weighted by molar-refractivity contribution is 6.18.